The predicted molar refractivity (Wildman–Crippen MR) is 69.4 cm³/mol. The van der Waals surface area contributed by atoms with Crippen LogP contribution in [0.2, 0.25) is 0 Å². The SMILES string of the molecule is CS(=O)(=O)c1cccc2c1Oc1ccccc1N2. The van der Waals surface area contributed by atoms with Gasteiger partial charge in [-0.1, -0.05) is 18.2 Å². The van der Waals surface area contributed by atoms with Crippen LogP contribution in [-0.2, 0) is 9.84 Å². The summed E-state index contributed by atoms with van der Waals surface area (Å²) >= 11 is 0. The van der Waals surface area contributed by atoms with E-state index in [1.165, 1.54) is 6.26 Å². The number of benzene rings is 2. The number of anilines is 2. The van der Waals surface area contributed by atoms with Gasteiger partial charge in [-0.15, -0.1) is 0 Å². The topological polar surface area (TPSA) is 55.4 Å². The smallest absolute Gasteiger partial charge is 0.179 e. The van der Waals surface area contributed by atoms with Crippen LogP contribution in [0.4, 0.5) is 11.4 Å². The van der Waals surface area contributed by atoms with Crippen LogP contribution in [0.5, 0.6) is 11.5 Å². The maximum absolute atomic E-state index is 11.7. The Balaban J connectivity index is 2.20. The molecule has 0 bridgehead atoms. The van der Waals surface area contributed by atoms with Crippen molar-refractivity contribution in [2.24, 2.45) is 0 Å². The second kappa shape index (κ2) is 3.74. The quantitative estimate of drug-likeness (QED) is 0.731. The van der Waals surface area contributed by atoms with Crippen molar-refractivity contribution in [3.05, 3.63) is 42.5 Å². The molecular weight excluding hydrogens is 250 g/mol. The van der Waals surface area contributed by atoms with Gasteiger partial charge < -0.3 is 10.1 Å². The lowest BCUT2D eigenvalue weighted by Crippen LogP contribution is -2.07. The van der Waals surface area contributed by atoms with Gasteiger partial charge in [0, 0.05) is 6.26 Å². The van der Waals surface area contributed by atoms with Gasteiger partial charge in [0.25, 0.3) is 0 Å². The van der Waals surface area contributed by atoms with Crippen LogP contribution >= 0.6 is 0 Å². The third-order valence-electron chi connectivity index (χ3n) is 2.75. The summed E-state index contributed by atoms with van der Waals surface area (Å²) in [5.74, 6) is 0.986. The highest BCUT2D eigenvalue weighted by molar-refractivity contribution is 7.90. The molecule has 1 aliphatic heterocycles. The number of rotatable bonds is 1. The van der Waals surface area contributed by atoms with Crippen molar-refractivity contribution in [2.75, 3.05) is 11.6 Å². The Morgan fingerprint density at radius 1 is 1.00 bits per heavy atom. The van der Waals surface area contributed by atoms with E-state index in [1.807, 2.05) is 18.2 Å². The Kier molecular flexibility index (Phi) is 2.31. The van der Waals surface area contributed by atoms with Gasteiger partial charge in [-0.3, -0.25) is 0 Å². The lowest BCUT2D eigenvalue weighted by Gasteiger charge is -2.23. The van der Waals surface area contributed by atoms with E-state index in [2.05, 4.69) is 5.32 Å². The normalized spacial score (nSPS) is 12.9. The fraction of sp³-hybridized carbons (Fsp3) is 0.0769. The number of hydrogen-bond acceptors (Lipinski definition) is 4. The Labute approximate surface area is 105 Å². The van der Waals surface area contributed by atoms with Gasteiger partial charge in [0.05, 0.1) is 11.4 Å². The molecule has 0 atom stereocenters. The van der Waals surface area contributed by atoms with Crippen molar-refractivity contribution in [1.29, 1.82) is 0 Å². The first-order valence-corrected chi connectivity index (χ1v) is 7.32. The summed E-state index contributed by atoms with van der Waals surface area (Å²) in [6, 6.07) is 12.4. The summed E-state index contributed by atoms with van der Waals surface area (Å²) in [4.78, 5) is 0.196. The van der Waals surface area contributed by atoms with Gasteiger partial charge in [-0.2, -0.15) is 0 Å². The van der Waals surface area contributed by atoms with Crippen LogP contribution in [-0.4, -0.2) is 14.7 Å². The summed E-state index contributed by atoms with van der Waals surface area (Å²) in [7, 11) is -3.31. The minimum absolute atomic E-state index is 0.196. The van der Waals surface area contributed by atoms with E-state index in [-0.39, 0.29) is 4.90 Å². The molecule has 0 fully saturated rings. The van der Waals surface area contributed by atoms with Crippen molar-refractivity contribution < 1.29 is 13.2 Å². The van der Waals surface area contributed by atoms with Crippen LogP contribution in [0.3, 0.4) is 0 Å². The summed E-state index contributed by atoms with van der Waals surface area (Å²) in [5.41, 5.74) is 1.49. The highest BCUT2D eigenvalue weighted by Crippen LogP contribution is 2.44. The molecular formula is C13H11NO3S. The molecule has 1 aliphatic rings. The molecule has 5 heteroatoms. The zero-order valence-electron chi connectivity index (χ0n) is 9.67. The summed E-state index contributed by atoms with van der Waals surface area (Å²) in [5, 5.41) is 3.16. The molecule has 1 N–H and O–H groups in total. The van der Waals surface area contributed by atoms with E-state index in [0.717, 1.165) is 5.69 Å². The Morgan fingerprint density at radius 3 is 2.50 bits per heavy atom. The molecule has 0 saturated carbocycles. The van der Waals surface area contributed by atoms with Crippen molar-refractivity contribution in [3.8, 4) is 11.5 Å². The van der Waals surface area contributed by atoms with Crippen LogP contribution in [0.25, 0.3) is 0 Å². The minimum Gasteiger partial charge on any atom is -0.452 e. The molecule has 2 aromatic rings. The van der Waals surface area contributed by atoms with Crippen LogP contribution in [0.15, 0.2) is 47.4 Å². The number of sulfone groups is 1. The van der Waals surface area contributed by atoms with Crippen LogP contribution in [0, 0.1) is 0 Å². The van der Waals surface area contributed by atoms with Crippen molar-refractivity contribution in [2.45, 2.75) is 4.90 Å². The molecule has 92 valence electrons. The van der Waals surface area contributed by atoms with Gasteiger partial charge in [-0.05, 0) is 24.3 Å². The largest absolute Gasteiger partial charge is 0.452 e. The minimum atomic E-state index is -3.31. The summed E-state index contributed by atoms with van der Waals surface area (Å²) in [6.07, 6.45) is 1.17. The average Bonchev–Trinajstić information content (AvgIpc) is 2.34. The highest BCUT2D eigenvalue weighted by Gasteiger charge is 2.23. The standard InChI is InChI=1S/C13H11NO3S/c1-18(15,16)12-8-4-6-10-13(12)17-11-7-3-2-5-9(11)14-10/h2-8,14H,1H3. The lowest BCUT2D eigenvalue weighted by molar-refractivity contribution is 0.466. The fourth-order valence-corrected chi connectivity index (χ4v) is 2.74. The molecule has 18 heavy (non-hydrogen) atoms. The van der Waals surface area contributed by atoms with Crippen LogP contribution < -0.4 is 10.1 Å². The van der Waals surface area contributed by atoms with Crippen molar-refractivity contribution in [1.82, 2.24) is 0 Å². The zero-order chi connectivity index (χ0) is 12.8. The second-order valence-electron chi connectivity index (χ2n) is 4.13. The zero-order valence-corrected chi connectivity index (χ0v) is 10.5. The van der Waals surface area contributed by atoms with E-state index in [4.69, 9.17) is 4.74 Å². The molecule has 4 nitrogen and oxygen atoms in total. The second-order valence-corrected chi connectivity index (χ2v) is 6.11. The molecule has 0 amide bonds. The maximum atomic E-state index is 11.7. The molecule has 0 radical (unpaired) electrons. The molecule has 2 aromatic carbocycles. The average molecular weight is 261 g/mol. The van der Waals surface area contributed by atoms with Gasteiger partial charge in [0.15, 0.2) is 21.3 Å². The van der Waals surface area contributed by atoms with E-state index in [1.54, 1.807) is 24.3 Å². The molecule has 1 heterocycles. The number of hydrogen-bond donors (Lipinski definition) is 1. The van der Waals surface area contributed by atoms with Crippen molar-refractivity contribution in [3.63, 3.8) is 0 Å². The molecule has 0 aromatic heterocycles. The molecule has 0 saturated heterocycles. The molecule has 0 aliphatic carbocycles. The van der Waals surface area contributed by atoms with E-state index < -0.39 is 9.84 Å². The fourth-order valence-electron chi connectivity index (χ4n) is 1.93. The monoisotopic (exact) mass is 261 g/mol. The van der Waals surface area contributed by atoms with Gasteiger partial charge in [-0.25, -0.2) is 8.42 Å². The number of para-hydroxylation sites is 3. The first-order chi connectivity index (χ1) is 8.55. The number of ether oxygens (including phenoxy) is 1. The van der Waals surface area contributed by atoms with E-state index >= 15 is 0 Å². The summed E-state index contributed by atoms with van der Waals surface area (Å²) in [6.45, 7) is 0. The number of fused-ring (bicyclic) bond motifs is 2. The highest BCUT2D eigenvalue weighted by atomic mass is 32.2. The first-order valence-electron chi connectivity index (χ1n) is 5.43. The van der Waals surface area contributed by atoms with Gasteiger partial charge in [0.1, 0.15) is 4.90 Å². The van der Waals surface area contributed by atoms with Crippen molar-refractivity contribution >= 4 is 21.2 Å². The third-order valence-corrected chi connectivity index (χ3v) is 3.87. The Hall–Kier alpha value is -2.01. The maximum Gasteiger partial charge on any atom is 0.179 e. The van der Waals surface area contributed by atoms with E-state index in [0.29, 0.717) is 17.2 Å². The Bertz CT molecular complexity index is 723. The first kappa shape index (κ1) is 11.1. The lowest BCUT2D eigenvalue weighted by atomic mass is 10.2. The van der Waals surface area contributed by atoms with Gasteiger partial charge >= 0.3 is 0 Å². The summed E-state index contributed by atoms with van der Waals surface area (Å²) < 4.78 is 29.1. The van der Waals surface area contributed by atoms with E-state index in [9.17, 15) is 8.42 Å². The molecule has 0 spiro atoms. The third kappa shape index (κ3) is 1.73. The molecule has 3 rings (SSSR count). The number of nitrogens with one attached hydrogen (secondary N) is 1. The predicted octanol–water partition coefficient (Wildman–Crippen LogP) is 2.94. The molecule has 0 unspecified atom stereocenters. The Morgan fingerprint density at radius 2 is 1.72 bits per heavy atom. The van der Waals surface area contributed by atoms with Gasteiger partial charge in [0.2, 0.25) is 0 Å². The van der Waals surface area contributed by atoms with Crippen LogP contribution in [0.1, 0.15) is 0 Å².